The van der Waals surface area contributed by atoms with Gasteiger partial charge in [0.1, 0.15) is 0 Å². The molecule has 9 aliphatic rings. The third kappa shape index (κ3) is 5.06. The maximum atomic E-state index is 13.2. The molecule has 0 unspecified atom stereocenters. The first-order valence-electron chi connectivity index (χ1n) is 16.5. The first-order valence-corrected chi connectivity index (χ1v) is 16.5. The number of nitrogens with one attached hydrogen (secondary N) is 2. The van der Waals surface area contributed by atoms with E-state index in [1.165, 1.54) is 77.0 Å². The molecule has 212 valence electrons. The van der Waals surface area contributed by atoms with Crippen molar-refractivity contribution in [3.05, 3.63) is 0 Å². The Hall–Kier alpha value is -1.14. The van der Waals surface area contributed by atoms with Crippen LogP contribution < -0.4 is 10.6 Å². The molecule has 9 rings (SSSR count). The summed E-state index contributed by atoms with van der Waals surface area (Å²) in [6.07, 6.45) is 17.5. The van der Waals surface area contributed by atoms with E-state index in [1.807, 2.05) is 0 Å². The van der Waals surface area contributed by atoms with E-state index in [2.05, 4.69) is 20.4 Å². The molecule has 38 heavy (non-hydrogen) atoms. The Bertz CT molecular complexity index is 751. The molecule has 1 saturated heterocycles. The van der Waals surface area contributed by atoms with Gasteiger partial charge < -0.3 is 20.4 Å². The molecule has 0 spiro atoms. The fourth-order valence-electron chi connectivity index (χ4n) is 11.4. The summed E-state index contributed by atoms with van der Waals surface area (Å²) in [5.74, 6) is 5.78. The highest BCUT2D eigenvalue weighted by Crippen LogP contribution is 2.61. The van der Waals surface area contributed by atoms with E-state index < -0.39 is 0 Å². The number of hydrogen-bond donors (Lipinski definition) is 2. The maximum Gasteiger partial charge on any atom is 0.226 e. The second-order valence-electron chi connectivity index (χ2n) is 15.3. The van der Waals surface area contributed by atoms with Crippen molar-refractivity contribution in [2.45, 2.75) is 89.9 Å². The van der Waals surface area contributed by atoms with Crippen LogP contribution in [-0.4, -0.2) is 74.0 Å². The van der Waals surface area contributed by atoms with Crippen molar-refractivity contribution in [1.82, 2.24) is 20.4 Å². The van der Waals surface area contributed by atoms with Gasteiger partial charge in [-0.3, -0.25) is 9.59 Å². The number of carbonyl (C=O) groups is 2. The lowest BCUT2D eigenvalue weighted by Crippen LogP contribution is -2.54. The molecule has 1 aliphatic heterocycles. The Balaban J connectivity index is 0.757. The molecule has 6 heteroatoms. The largest absolute Gasteiger partial charge is 0.356 e. The Morgan fingerprint density at radius 2 is 0.816 bits per heavy atom. The van der Waals surface area contributed by atoms with Gasteiger partial charge in [0.15, 0.2) is 0 Å². The minimum Gasteiger partial charge on any atom is -0.356 e. The molecule has 0 radical (unpaired) electrons. The van der Waals surface area contributed by atoms with Crippen molar-refractivity contribution in [2.24, 2.45) is 46.3 Å². The predicted octanol–water partition coefficient (Wildman–Crippen LogP) is 4.05. The van der Waals surface area contributed by atoms with Crippen LogP contribution in [0.3, 0.4) is 0 Å². The van der Waals surface area contributed by atoms with Crippen LogP contribution in [0, 0.1) is 46.3 Å². The van der Waals surface area contributed by atoms with Gasteiger partial charge in [-0.15, -0.1) is 0 Å². The molecule has 6 nitrogen and oxygen atoms in total. The molecule has 2 N–H and O–H groups in total. The topological polar surface area (TPSA) is 64.7 Å². The van der Waals surface area contributed by atoms with Gasteiger partial charge in [-0.05, 0) is 138 Å². The van der Waals surface area contributed by atoms with E-state index in [-0.39, 0.29) is 10.8 Å². The van der Waals surface area contributed by atoms with Gasteiger partial charge in [0.2, 0.25) is 11.8 Å². The third-order valence-corrected chi connectivity index (χ3v) is 12.4. The van der Waals surface area contributed by atoms with Crippen molar-refractivity contribution in [3.8, 4) is 0 Å². The highest BCUT2D eigenvalue weighted by Gasteiger charge is 2.55. The Labute approximate surface area is 230 Å². The molecule has 0 aromatic heterocycles. The van der Waals surface area contributed by atoms with Gasteiger partial charge in [0.25, 0.3) is 0 Å². The molecule has 0 aromatic rings. The second-order valence-corrected chi connectivity index (χ2v) is 15.3. The molecule has 8 aliphatic carbocycles. The molecule has 0 atom stereocenters. The molecule has 8 bridgehead atoms. The standard InChI is InChI=1S/C32H52N4O2/c37-29(31-17-23-11-24(18-31)13-25(12-23)19-31)33-3-1-5-35-7-9-36(10-8-35)6-2-4-34-30(38)32-20-26-14-27(21-32)16-28(15-26)22-32/h23-28H,1-22H2,(H,33,37)(H,34,38). The smallest absolute Gasteiger partial charge is 0.226 e. The SMILES string of the molecule is O=C(NCCCN1CCN(CCCNC(=O)C23CC4CC(CC(C4)C2)C3)CC1)C12CC3CC(CC(C3)C1)C2. The summed E-state index contributed by atoms with van der Waals surface area (Å²) in [4.78, 5) is 31.5. The van der Waals surface area contributed by atoms with Crippen LogP contribution in [0.2, 0.25) is 0 Å². The summed E-state index contributed by atoms with van der Waals surface area (Å²) in [6.45, 7) is 8.37. The lowest BCUT2D eigenvalue weighted by molar-refractivity contribution is -0.146. The van der Waals surface area contributed by atoms with Crippen LogP contribution in [0.1, 0.15) is 89.9 Å². The lowest BCUT2D eigenvalue weighted by atomic mass is 9.49. The first kappa shape index (κ1) is 25.8. The van der Waals surface area contributed by atoms with E-state index in [0.717, 1.165) is 101 Å². The van der Waals surface area contributed by atoms with E-state index >= 15 is 0 Å². The van der Waals surface area contributed by atoms with Gasteiger partial charge in [0, 0.05) is 50.1 Å². The first-order chi connectivity index (χ1) is 18.5. The number of piperazine rings is 1. The second kappa shape index (κ2) is 10.4. The highest BCUT2D eigenvalue weighted by molar-refractivity contribution is 5.83. The summed E-state index contributed by atoms with van der Waals surface area (Å²) >= 11 is 0. The zero-order valence-corrected chi connectivity index (χ0v) is 23.7. The number of hydrogen-bond acceptors (Lipinski definition) is 4. The number of amides is 2. The van der Waals surface area contributed by atoms with Gasteiger partial charge in [0.05, 0.1) is 0 Å². The van der Waals surface area contributed by atoms with Crippen molar-refractivity contribution in [1.29, 1.82) is 0 Å². The minimum absolute atomic E-state index is 0.00487. The molecule has 0 aromatic carbocycles. The molecular weight excluding hydrogens is 472 g/mol. The van der Waals surface area contributed by atoms with E-state index in [9.17, 15) is 9.59 Å². The summed E-state index contributed by atoms with van der Waals surface area (Å²) in [5.41, 5.74) is -0.00975. The average Bonchev–Trinajstić information content (AvgIpc) is 2.88. The fourth-order valence-corrected chi connectivity index (χ4v) is 11.4. The van der Waals surface area contributed by atoms with Gasteiger partial charge in [-0.25, -0.2) is 0 Å². The molecule has 9 fully saturated rings. The quantitative estimate of drug-likeness (QED) is 0.423. The Morgan fingerprint density at radius 3 is 1.11 bits per heavy atom. The Morgan fingerprint density at radius 1 is 0.526 bits per heavy atom. The summed E-state index contributed by atoms with van der Waals surface area (Å²) in [5, 5.41) is 6.72. The summed E-state index contributed by atoms with van der Waals surface area (Å²) < 4.78 is 0. The van der Waals surface area contributed by atoms with E-state index in [4.69, 9.17) is 0 Å². The lowest BCUT2D eigenvalue weighted by Gasteiger charge is -2.55. The van der Waals surface area contributed by atoms with Crippen molar-refractivity contribution < 1.29 is 9.59 Å². The summed E-state index contributed by atoms with van der Waals surface area (Å²) in [7, 11) is 0. The van der Waals surface area contributed by atoms with Crippen molar-refractivity contribution in [3.63, 3.8) is 0 Å². The highest BCUT2D eigenvalue weighted by atomic mass is 16.2. The number of carbonyl (C=O) groups excluding carboxylic acids is 2. The van der Waals surface area contributed by atoms with Crippen LogP contribution in [-0.2, 0) is 9.59 Å². The van der Waals surface area contributed by atoms with Crippen LogP contribution in [0.25, 0.3) is 0 Å². The molecule has 8 saturated carbocycles. The van der Waals surface area contributed by atoms with Crippen LogP contribution >= 0.6 is 0 Å². The fraction of sp³-hybridized carbons (Fsp3) is 0.938. The molecular formula is C32H52N4O2. The monoisotopic (exact) mass is 524 g/mol. The number of nitrogens with zero attached hydrogens (tertiary/aromatic N) is 2. The van der Waals surface area contributed by atoms with E-state index in [1.54, 1.807) is 0 Å². The van der Waals surface area contributed by atoms with Gasteiger partial charge >= 0.3 is 0 Å². The van der Waals surface area contributed by atoms with Crippen molar-refractivity contribution >= 4 is 11.8 Å². The van der Waals surface area contributed by atoms with Crippen LogP contribution in [0.5, 0.6) is 0 Å². The number of rotatable bonds is 10. The van der Waals surface area contributed by atoms with E-state index in [0.29, 0.717) is 11.8 Å². The summed E-state index contributed by atoms with van der Waals surface area (Å²) in [6, 6.07) is 0. The minimum atomic E-state index is -0.00487. The van der Waals surface area contributed by atoms with Crippen LogP contribution in [0.15, 0.2) is 0 Å². The zero-order chi connectivity index (χ0) is 25.7. The predicted molar refractivity (Wildman–Crippen MR) is 149 cm³/mol. The zero-order valence-electron chi connectivity index (χ0n) is 23.7. The normalized spacial score (nSPS) is 43.5. The van der Waals surface area contributed by atoms with Gasteiger partial charge in [-0.1, -0.05) is 0 Å². The van der Waals surface area contributed by atoms with Gasteiger partial charge in [-0.2, -0.15) is 0 Å². The molecule has 2 amide bonds. The Kier molecular flexibility index (Phi) is 7.03. The van der Waals surface area contributed by atoms with Crippen LogP contribution in [0.4, 0.5) is 0 Å². The maximum absolute atomic E-state index is 13.2. The average molecular weight is 525 g/mol. The van der Waals surface area contributed by atoms with Crippen molar-refractivity contribution in [2.75, 3.05) is 52.4 Å². The molecule has 1 heterocycles. The third-order valence-electron chi connectivity index (χ3n) is 12.4.